The average Bonchev–Trinajstić information content (AvgIpc) is 2.01. The molecule has 0 aliphatic heterocycles. The molecule has 0 nitrogen and oxygen atoms in total. The zero-order chi connectivity index (χ0) is 8.24. The summed E-state index contributed by atoms with van der Waals surface area (Å²) < 4.78 is 0. The smallest absolute Gasteiger partial charge is 0.0223 e. The standard InChI is InChI=1S/C5H11Cl.C4H8/c1-2-3-4-5-6;1-3-4-2/h2-5H2,1H3;3-4H,1-2H3/b;4-3+. The van der Waals surface area contributed by atoms with Gasteiger partial charge in [-0.3, -0.25) is 0 Å². The number of halogens is 1. The number of alkyl halides is 1. The van der Waals surface area contributed by atoms with Gasteiger partial charge in [-0.05, 0) is 20.3 Å². The van der Waals surface area contributed by atoms with E-state index in [1.165, 1.54) is 19.3 Å². The molecule has 62 valence electrons. The molecular formula is C9H19Cl. The van der Waals surface area contributed by atoms with Crippen LogP contribution >= 0.6 is 11.6 Å². The molecule has 0 aliphatic carbocycles. The summed E-state index contributed by atoms with van der Waals surface area (Å²) in [5, 5.41) is 0. The maximum atomic E-state index is 5.38. The summed E-state index contributed by atoms with van der Waals surface area (Å²) in [7, 11) is 0. The molecule has 0 aliphatic rings. The second kappa shape index (κ2) is 16.0. The number of hydrogen-bond donors (Lipinski definition) is 0. The lowest BCUT2D eigenvalue weighted by Crippen LogP contribution is -1.70. The Bertz CT molecular complexity index is 49.7. The van der Waals surface area contributed by atoms with Crippen molar-refractivity contribution in [3.63, 3.8) is 0 Å². The molecule has 10 heavy (non-hydrogen) atoms. The van der Waals surface area contributed by atoms with Crippen molar-refractivity contribution in [2.75, 3.05) is 5.88 Å². The Kier molecular flexibility index (Phi) is 20.3. The third-order valence-electron chi connectivity index (χ3n) is 1.07. The number of allylic oxidation sites excluding steroid dienone is 2. The molecule has 0 atom stereocenters. The Labute approximate surface area is 70.3 Å². The highest BCUT2D eigenvalue weighted by Gasteiger charge is 1.76. The van der Waals surface area contributed by atoms with E-state index in [0.29, 0.717) is 0 Å². The largest absolute Gasteiger partial charge is 0.127 e. The van der Waals surface area contributed by atoms with Crippen LogP contribution in [0, 0.1) is 0 Å². The van der Waals surface area contributed by atoms with Crippen molar-refractivity contribution in [2.45, 2.75) is 40.0 Å². The minimum atomic E-state index is 0.827. The van der Waals surface area contributed by atoms with Crippen molar-refractivity contribution >= 4 is 11.6 Å². The summed E-state index contributed by atoms with van der Waals surface area (Å²) in [6.07, 6.45) is 7.73. The molecule has 0 bridgehead atoms. The van der Waals surface area contributed by atoms with Gasteiger partial charge < -0.3 is 0 Å². The van der Waals surface area contributed by atoms with E-state index in [0.717, 1.165) is 5.88 Å². The zero-order valence-corrected chi connectivity index (χ0v) is 8.12. The molecule has 0 aromatic carbocycles. The van der Waals surface area contributed by atoms with Gasteiger partial charge in [0.05, 0.1) is 0 Å². The van der Waals surface area contributed by atoms with Crippen LogP contribution in [-0.4, -0.2) is 5.88 Å². The van der Waals surface area contributed by atoms with Gasteiger partial charge in [0, 0.05) is 5.88 Å². The quantitative estimate of drug-likeness (QED) is 0.334. The first-order valence-electron chi connectivity index (χ1n) is 3.96. The van der Waals surface area contributed by atoms with Crippen LogP contribution in [0.15, 0.2) is 12.2 Å². The van der Waals surface area contributed by atoms with Gasteiger partial charge in [0.15, 0.2) is 0 Å². The first-order chi connectivity index (χ1) is 4.83. The van der Waals surface area contributed by atoms with Gasteiger partial charge in [0.2, 0.25) is 0 Å². The van der Waals surface area contributed by atoms with Crippen LogP contribution < -0.4 is 0 Å². The lowest BCUT2D eigenvalue weighted by molar-refractivity contribution is 0.776. The van der Waals surface area contributed by atoms with Gasteiger partial charge >= 0.3 is 0 Å². The average molecular weight is 163 g/mol. The van der Waals surface area contributed by atoms with Crippen LogP contribution in [0.4, 0.5) is 0 Å². The molecule has 0 spiro atoms. The Morgan fingerprint density at radius 1 is 1.10 bits per heavy atom. The molecule has 0 radical (unpaired) electrons. The fourth-order valence-corrected chi connectivity index (χ4v) is 0.533. The maximum absolute atomic E-state index is 5.38. The molecule has 0 saturated carbocycles. The highest BCUT2D eigenvalue weighted by molar-refractivity contribution is 6.17. The van der Waals surface area contributed by atoms with E-state index in [1.807, 2.05) is 26.0 Å². The minimum absolute atomic E-state index is 0.827. The molecule has 0 N–H and O–H groups in total. The van der Waals surface area contributed by atoms with E-state index in [9.17, 15) is 0 Å². The fraction of sp³-hybridized carbons (Fsp3) is 0.778. The predicted octanol–water partition coefficient (Wildman–Crippen LogP) is 4.00. The summed E-state index contributed by atoms with van der Waals surface area (Å²) in [6, 6.07) is 0. The van der Waals surface area contributed by atoms with Crippen molar-refractivity contribution < 1.29 is 0 Å². The van der Waals surface area contributed by atoms with E-state index < -0.39 is 0 Å². The summed E-state index contributed by atoms with van der Waals surface area (Å²) in [5.41, 5.74) is 0. The third-order valence-corrected chi connectivity index (χ3v) is 1.34. The Balaban J connectivity index is 0. The number of hydrogen-bond acceptors (Lipinski definition) is 0. The van der Waals surface area contributed by atoms with Crippen LogP contribution in [0.5, 0.6) is 0 Å². The lowest BCUT2D eigenvalue weighted by atomic mass is 10.3. The molecule has 0 rings (SSSR count). The fourth-order valence-electron chi connectivity index (χ4n) is 0.344. The monoisotopic (exact) mass is 162 g/mol. The van der Waals surface area contributed by atoms with Gasteiger partial charge in [-0.15, -0.1) is 11.6 Å². The Morgan fingerprint density at radius 3 is 1.70 bits per heavy atom. The van der Waals surface area contributed by atoms with E-state index in [1.54, 1.807) is 0 Å². The van der Waals surface area contributed by atoms with Crippen LogP contribution in [0.1, 0.15) is 40.0 Å². The minimum Gasteiger partial charge on any atom is -0.127 e. The summed E-state index contributed by atoms with van der Waals surface area (Å²) in [5.74, 6) is 0.827. The summed E-state index contributed by atoms with van der Waals surface area (Å²) in [6.45, 7) is 6.17. The van der Waals surface area contributed by atoms with Gasteiger partial charge in [0.25, 0.3) is 0 Å². The molecule has 0 aromatic rings. The second-order valence-electron chi connectivity index (χ2n) is 2.06. The van der Waals surface area contributed by atoms with Crippen molar-refractivity contribution in [1.29, 1.82) is 0 Å². The van der Waals surface area contributed by atoms with Gasteiger partial charge in [-0.25, -0.2) is 0 Å². The molecule has 1 heteroatoms. The van der Waals surface area contributed by atoms with E-state index >= 15 is 0 Å². The predicted molar refractivity (Wildman–Crippen MR) is 50.7 cm³/mol. The first-order valence-corrected chi connectivity index (χ1v) is 4.50. The second-order valence-corrected chi connectivity index (χ2v) is 2.44. The Hall–Kier alpha value is 0.0300. The van der Waals surface area contributed by atoms with Crippen LogP contribution in [0.3, 0.4) is 0 Å². The summed E-state index contributed by atoms with van der Waals surface area (Å²) >= 11 is 5.38. The van der Waals surface area contributed by atoms with Gasteiger partial charge in [0.1, 0.15) is 0 Å². The van der Waals surface area contributed by atoms with Crippen molar-refractivity contribution in [3.05, 3.63) is 12.2 Å². The SMILES string of the molecule is C/C=C/C.CCCCCCl. The normalized spacial score (nSPS) is 9.20. The van der Waals surface area contributed by atoms with Gasteiger partial charge in [-0.1, -0.05) is 31.9 Å². The lowest BCUT2D eigenvalue weighted by Gasteiger charge is -1.84. The first kappa shape index (κ1) is 12.7. The highest BCUT2D eigenvalue weighted by atomic mass is 35.5. The van der Waals surface area contributed by atoms with Gasteiger partial charge in [-0.2, -0.15) is 0 Å². The topological polar surface area (TPSA) is 0 Å². The number of rotatable bonds is 3. The number of unbranched alkanes of at least 4 members (excludes halogenated alkanes) is 2. The van der Waals surface area contributed by atoms with E-state index in [-0.39, 0.29) is 0 Å². The molecule has 0 saturated heterocycles. The molecular weight excluding hydrogens is 144 g/mol. The molecule has 0 amide bonds. The molecule has 0 heterocycles. The van der Waals surface area contributed by atoms with E-state index in [2.05, 4.69) is 6.92 Å². The van der Waals surface area contributed by atoms with Crippen molar-refractivity contribution in [3.8, 4) is 0 Å². The maximum Gasteiger partial charge on any atom is 0.0223 e. The van der Waals surface area contributed by atoms with Crippen molar-refractivity contribution in [2.24, 2.45) is 0 Å². The van der Waals surface area contributed by atoms with Crippen LogP contribution in [0.2, 0.25) is 0 Å². The van der Waals surface area contributed by atoms with E-state index in [4.69, 9.17) is 11.6 Å². The zero-order valence-electron chi connectivity index (χ0n) is 7.36. The van der Waals surface area contributed by atoms with Crippen molar-refractivity contribution in [1.82, 2.24) is 0 Å². The molecule has 0 aromatic heterocycles. The Morgan fingerprint density at radius 2 is 1.60 bits per heavy atom. The summed E-state index contributed by atoms with van der Waals surface area (Å²) in [4.78, 5) is 0. The van der Waals surface area contributed by atoms with Crippen LogP contribution in [-0.2, 0) is 0 Å². The molecule has 0 unspecified atom stereocenters. The molecule has 0 fully saturated rings. The third kappa shape index (κ3) is 24.4. The van der Waals surface area contributed by atoms with Crippen LogP contribution in [0.25, 0.3) is 0 Å². The highest BCUT2D eigenvalue weighted by Crippen LogP contribution is 1.93.